The molecule has 0 aliphatic heterocycles. The molecular formula is C21H23N3O3S. The van der Waals surface area contributed by atoms with Gasteiger partial charge < -0.3 is 13.7 Å². The van der Waals surface area contributed by atoms with Crippen molar-refractivity contribution in [2.45, 2.75) is 44.4 Å². The predicted octanol–water partition coefficient (Wildman–Crippen LogP) is 4.40. The summed E-state index contributed by atoms with van der Waals surface area (Å²) in [5.41, 5.74) is 4.09. The average molecular weight is 398 g/mol. The zero-order valence-electron chi connectivity index (χ0n) is 16.3. The van der Waals surface area contributed by atoms with E-state index in [0.717, 1.165) is 28.3 Å². The van der Waals surface area contributed by atoms with Crippen LogP contribution in [0.3, 0.4) is 0 Å². The number of ketones is 1. The van der Waals surface area contributed by atoms with Crippen molar-refractivity contribution < 1.29 is 13.9 Å². The second kappa shape index (κ2) is 7.83. The highest BCUT2D eigenvalue weighted by molar-refractivity contribution is 7.99. The lowest BCUT2D eigenvalue weighted by atomic mass is 10.1. The van der Waals surface area contributed by atoms with Crippen molar-refractivity contribution in [3.63, 3.8) is 0 Å². The zero-order valence-corrected chi connectivity index (χ0v) is 17.1. The van der Waals surface area contributed by atoms with Crippen LogP contribution in [0.15, 0.2) is 40.0 Å². The summed E-state index contributed by atoms with van der Waals surface area (Å²) in [6, 6.07) is 10.3. The number of hydrogen-bond acceptors (Lipinski definition) is 6. The molecule has 1 saturated carbocycles. The molecule has 0 atom stereocenters. The largest absolute Gasteiger partial charge is 0.497 e. The Kier molecular flexibility index (Phi) is 5.26. The van der Waals surface area contributed by atoms with E-state index in [1.807, 2.05) is 37.3 Å². The molecule has 0 spiro atoms. The summed E-state index contributed by atoms with van der Waals surface area (Å²) in [5, 5.41) is 8.57. The van der Waals surface area contributed by atoms with Crippen molar-refractivity contribution in [3.8, 4) is 5.75 Å². The van der Waals surface area contributed by atoms with Gasteiger partial charge in [0.15, 0.2) is 5.78 Å². The molecule has 1 fully saturated rings. The normalized spacial score (nSPS) is 13.7. The maximum atomic E-state index is 12.7. The minimum Gasteiger partial charge on any atom is -0.497 e. The van der Waals surface area contributed by atoms with Crippen LogP contribution in [0.2, 0.25) is 0 Å². The molecule has 1 aliphatic carbocycles. The third-order valence-electron chi connectivity index (χ3n) is 4.99. The van der Waals surface area contributed by atoms with Gasteiger partial charge in [0.25, 0.3) is 5.22 Å². The van der Waals surface area contributed by atoms with Gasteiger partial charge in [-0.3, -0.25) is 4.79 Å². The summed E-state index contributed by atoms with van der Waals surface area (Å²) < 4.78 is 13.1. The summed E-state index contributed by atoms with van der Waals surface area (Å²) in [4.78, 5) is 12.7. The highest BCUT2D eigenvalue weighted by atomic mass is 32.2. The lowest BCUT2D eigenvalue weighted by molar-refractivity contribution is 0.102. The van der Waals surface area contributed by atoms with Crippen LogP contribution in [0.1, 0.15) is 52.1 Å². The maximum absolute atomic E-state index is 12.7. The zero-order chi connectivity index (χ0) is 19.7. The number of rotatable bonds is 8. The fourth-order valence-electron chi connectivity index (χ4n) is 3.45. The van der Waals surface area contributed by atoms with Crippen LogP contribution in [0, 0.1) is 13.8 Å². The lowest BCUT2D eigenvalue weighted by Gasteiger charge is -2.07. The molecule has 146 valence electrons. The van der Waals surface area contributed by atoms with Gasteiger partial charge in [-0.1, -0.05) is 23.9 Å². The van der Waals surface area contributed by atoms with Crippen LogP contribution in [0.4, 0.5) is 0 Å². The van der Waals surface area contributed by atoms with Crippen molar-refractivity contribution in [3.05, 3.63) is 58.7 Å². The fourth-order valence-corrected chi connectivity index (χ4v) is 4.11. The molecule has 1 aliphatic rings. The number of aryl methyl sites for hydroxylation is 1. The molecule has 0 unspecified atom stereocenters. The van der Waals surface area contributed by atoms with Gasteiger partial charge in [-0.2, -0.15) is 0 Å². The third-order valence-corrected chi connectivity index (χ3v) is 5.80. The summed E-state index contributed by atoms with van der Waals surface area (Å²) >= 11 is 1.29. The number of benzene rings is 1. The molecule has 3 aromatic rings. The Morgan fingerprint density at radius 2 is 2.00 bits per heavy atom. The monoisotopic (exact) mass is 397 g/mol. The van der Waals surface area contributed by atoms with E-state index in [2.05, 4.69) is 21.7 Å². The van der Waals surface area contributed by atoms with Gasteiger partial charge >= 0.3 is 0 Å². The van der Waals surface area contributed by atoms with Crippen LogP contribution in [0.25, 0.3) is 0 Å². The van der Waals surface area contributed by atoms with Crippen LogP contribution < -0.4 is 4.74 Å². The molecule has 7 heteroatoms. The van der Waals surface area contributed by atoms with Gasteiger partial charge in [0, 0.05) is 23.0 Å². The van der Waals surface area contributed by atoms with Crippen molar-refractivity contribution >= 4 is 17.5 Å². The molecule has 0 amide bonds. The Bertz CT molecular complexity index is 987. The molecule has 6 nitrogen and oxygen atoms in total. The highest BCUT2D eigenvalue weighted by Crippen LogP contribution is 2.38. The number of ether oxygens (including phenoxy) is 1. The lowest BCUT2D eigenvalue weighted by Crippen LogP contribution is -2.05. The van der Waals surface area contributed by atoms with Crippen molar-refractivity contribution in [2.75, 3.05) is 12.9 Å². The maximum Gasteiger partial charge on any atom is 0.277 e. The standard InChI is InChI=1S/C21H23N3O3S/c1-13-10-18(14(2)24(13)16-6-7-16)19(25)12-28-21-23-22-20(27-21)11-15-4-8-17(26-3)9-5-15/h4-5,8-10,16H,6-7,11-12H2,1-3H3. The topological polar surface area (TPSA) is 70.2 Å². The molecule has 4 rings (SSSR count). The third kappa shape index (κ3) is 3.99. The van der Waals surface area contributed by atoms with Gasteiger partial charge in [0.2, 0.25) is 5.89 Å². The van der Waals surface area contributed by atoms with Gasteiger partial charge in [-0.05, 0) is 50.5 Å². The number of Topliss-reactive ketones (excluding diaryl/α,β-unsaturated/α-hetero) is 1. The Hall–Kier alpha value is -2.54. The second-order valence-electron chi connectivity index (χ2n) is 7.08. The first-order valence-electron chi connectivity index (χ1n) is 9.35. The quantitative estimate of drug-likeness (QED) is 0.414. The average Bonchev–Trinajstić information content (AvgIpc) is 3.35. The number of thioether (sulfide) groups is 1. The number of methoxy groups -OCH3 is 1. The Balaban J connectivity index is 1.36. The summed E-state index contributed by atoms with van der Waals surface area (Å²) in [6.45, 7) is 4.10. The van der Waals surface area contributed by atoms with E-state index in [-0.39, 0.29) is 5.78 Å². The first kappa shape index (κ1) is 18.8. The number of carbonyl (C=O) groups excluding carboxylic acids is 1. The molecule has 2 aromatic heterocycles. The number of hydrogen-bond donors (Lipinski definition) is 0. The van der Waals surface area contributed by atoms with Gasteiger partial charge in [0.05, 0.1) is 19.3 Å². The van der Waals surface area contributed by atoms with Crippen LogP contribution >= 0.6 is 11.8 Å². The Morgan fingerprint density at radius 1 is 1.25 bits per heavy atom. The van der Waals surface area contributed by atoms with E-state index < -0.39 is 0 Å². The molecule has 0 N–H and O–H groups in total. The van der Waals surface area contributed by atoms with Crippen molar-refractivity contribution in [2.24, 2.45) is 0 Å². The SMILES string of the molecule is COc1ccc(Cc2nnc(SCC(=O)c3cc(C)n(C4CC4)c3C)o2)cc1. The Morgan fingerprint density at radius 3 is 2.68 bits per heavy atom. The second-order valence-corrected chi connectivity index (χ2v) is 8.01. The first-order valence-corrected chi connectivity index (χ1v) is 10.3. The van der Waals surface area contributed by atoms with Crippen molar-refractivity contribution in [1.29, 1.82) is 0 Å². The molecule has 1 aromatic carbocycles. The number of carbonyl (C=O) groups is 1. The van der Waals surface area contributed by atoms with E-state index in [1.165, 1.54) is 24.6 Å². The fraction of sp³-hybridized carbons (Fsp3) is 0.381. The van der Waals surface area contributed by atoms with Gasteiger partial charge in [0.1, 0.15) is 5.75 Å². The predicted molar refractivity (Wildman–Crippen MR) is 107 cm³/mol. The number of nitrogens with zero attached hydrogens (tertiary/aromatic N) is 3. The van der Waals surface area contributed by atoms with E-state index in [4.69, 9.17) is 9.15 Å². The molecule has 0 bridgehead atoms. The van der Waals surface area contributed by atoms with E-state index in [1.54, 1.807) is 7.11 Å². The van der Waals surface area contributed by atoms with Crippen LogP contribution in [-0.4, -0.2) is 33.4 Å². The summed E-state index contributed by atoms with van der Waals surface area (Å²) in [7, 11) is 1.64. The number of aromatic nitrogens is 3. The smallest absolute Gasteiger partial charge is 0.277 e. The minimum absolute atomic E-state index is 0.0971. The summed E-state index contributed by atoms with van der Waals surface area (Å²) in [5.74, 6) is 1.73. The highest BCUT2D eigenvalue weighted by Gasteiger charge is 2.28. The minimum atomic E-state index is 0.0971. The van der Waals surface area contributed by atoms with Crippen LogP contribution in [0.5, 0.6) is 5.75 Å². The van der Waals surface area contributed by atoms with Gasteiger partial charge in [-0.25, -0.2) is 0 Å². The van der Waals surface area contributed by atoms with Crippen LogP contribution in [-0.2, 0) is 6.42 Å². The molecule has 28 heavy (non-hydrogen) atoms. The molecule has 2 heterocycles. The van der Waals surface area contributed by atoms with E-state index >= 15 is 0 Å². The van der Waals surface area contributed by atoms with E-state index in [9.17, 15) is 4.79 Å². The van der Waals surface area contributed by atoms with E-state index in [0.29, 0.717) is 29.3 Å². The molecular weight excluding hydrogens is 374 g/mol. The van der Waals surface area contributed by atoms with Gasteiger partial charge in [-0.15, -0.1) is 10.2 Å². The summed E-state index contributed by atoms with van der Waals surface area (Å²) in [6.07, 6.45) is 2.96. The molecule has 0 radical (unpaired) electrons. The van der Waals surface area contributed by atoms with Crippen molar-refractivity contribution in [1.82, 2.24) is 14.8 Å². The first-order chi connectivity index (χ1) is 13.5. The Labute approximate surface area is 168 Å². The molecule has 0 saturated heterocycles.